The zero-order valence-corrected chi connectivity index (χ0v) is 13.2. The molecule has 0 radical (unpaired) electrons. The van der Waals surface area contributed by atoms with Crippen LogP contribution in [0.2, 0.25) is 5.02 Å². The molecule has 0 spiro atoms. The van der Waals surface area contributed by atoms with E-state index < -0.39 is 10.8 Å². The van der Waals surface area contributed by atoms with Crippen LogP contribution in [-0.2, 0) is 15.6 Å². The number of hydrogen-bond donors (Lipinski definition) is 2. The molecule has 4 nitrogen and oxygen atoms in total. The Morgan fingerprint density at radius 2 is 2.05 bits per heavy atom. The normalized spacial score (nSPS) is 12.1. The van der Waals surface area contributed by atoms with Crippen molar-refractivity contribution in [2.24, 2.45) is 0 Å². The zero-order valence-electron chi connectivity index (χ0n) is 11.7. The van der Waals surface area contributed by atoms with Gasteiger partial charge in [-0.2, -0.15) is 0 Å². The van der Waals surface area contributed by atoms with Crippen molar-refractivity contribution in [1.82, 2.24) is 0 Å². The highest BCUT2D eigenvalue weighted by Gasteiger charge is 2.07. The summed E-state index contributed by atoms with van der Waals surface area (Å²) in [5.41, 5.74) is 6.69. The summed E-state index contributed by atoms with van der Waals surface area (Å²) in [5.74, 6) is 1.18. The molecule has 1 rings (SSSR count). The maximum atomic E-state index is 11.7. The Morgan fingerprint density at radius 1 is 1.35 bits per heavy atom. The van der Waals surface area contributed by atoms with Crippen LogP contribution in [-0.4, -0.2) is 21.6 Å². The first kappa shape index (κ1) is 17.0. The smallest absolute Gasteiger partial charge is 0.224 e. The number of nitrogens with two attached hydrogens (primary N) is 1. The molecule has 1 unspecified atom stereocenters. The number of hydrogen-bond acceptors (Lipinski definition) is 3. The van der Waals surface area contributed by atoms with E-state index in [1.54, 1.807) is 18.2 Å². The molecule has 0 aliphatic rings. The van der Waals surface area contributed by atoms with Crippen LogP contribution < -0.4 is 11.1 Å². The van der Waals surface area contributed by atoms with E-state index in [1.165, 1.54) is 0 Å². The number of carbonyl (C=O) groups is 1. The summed E-state index contributed by atoms with van der Waals surface area (Å²) >= 11 is 5.97. The molecule has 3 N–H and O–H groups in total. The molecular formula is C14H21ClN2O2S. The van der Waals surface area contributed by atoms with Gasteiger partial charge in [0.05, 0.1) is 10.7 Å². The summed E-state index contributed by atoms with van der Waals surface area (Å²) in [5, 5.41) is 3.15. The predicted molar refractivity (Wildman–Crippen MR) is 86.5 cm³/mol. The first-order valence-corrected chi connectivity index (χ1v) is 8.59. The van der Waals surface area contributed by atoms with Gasteiger partial charge in [0, 0.05) is 34.4 Å². The molecule has 0 saturated carbocycles. The van der Waals surface area contributed by atoms with Gasteiger partial charge < -0.3 is 11.1 Å². The summed E-state index contributed by atoms with van der Waals surface area (Å²) < 4.78 is 11.6. The van der Waals surface area contributed by atoms with Crippen LogP contribution in [0.25, 0.3) is 0 Å². The quantitative estimate of drug-likeness (QED) is 0.723. The minimum Gasteiger partial charge on any atom is -0.399 e. The van der Waals surface area contributed by atoms with Gasteiger partial charge in [0.15, 0.2) is 0 Å². The number of benzene rings is 1. The van der Waals surface area contributed by atoms with Crippen molar-refractivity contribution in [1.29, 1.82) is 0 Å². The fraction of sp³-hybridized carbons (Fsp3) is 0.500. The second-order valence-corrected chi connectivity index (χ2v) is 6.70. The van der Waals surface area contributed by atoms with Gasteiger partial charge >= 0.3 is 0 Å². The lowest BCUT2D eigenvalue weighted by atomic mass is 10.2. The van der Waals surface area contributed by atoms with Crippen LogP contribution in [0.5, 0.6) is 0 Å². The molecule has 6 heteroatoms. The van der Waals surface area contributed by atoms with Crippen molar-refractivity contribution in [3.05, 3.63) is 23.2 Å². The Bertz CT molecular complexity index is 480. The second-order valence-electron chi connectivity index (χ2n) is 4.59. The van der Waals surface area contributed by atoms with Crippen LogP contribution in [0.4, 0.5) is 11.4 Å². The van der Waals surface area contributed by atoms with Gasteiger partial charge in [-0.3, -0.25) is 9.00 Å². The predicted octanol–water partition coefficient (Wildman–Crippen LogP) is 3.19. The molecule has 1 aromatic rings. The number of nitrogen functional groups attached to an aromatic ring is 1. The number of halogens is 1. The first-order valence-electron chi connectivity index (χ1n) is 6.72. The molecule has 0 bridgehead atoms. The maximum absolute atomic E-state index is 11.7. The number of carbonyl (C=O) groups excluding carboxylic acids is 1. The fourth-order valence-corrected chi connectivity index (χ4v) is 3.16. The van der Waals surface area contributed by atoms with Crippen molar-refractivity contribution in [2.45, 2.75) is 32.6 Å². The van der Waals surface area contributed by atoms with Crippen LogP contribution in [0.15, 0.2) is 18.2 Å². The summed E-state index contributed by atoms with van der Waals surface area (Å²) in [6.45, 7) is 2.07. The molecule has 0 aliphatic carbocycles. The maximum Gasteiger partial charge on any atom is 0.224 e. The van der Waals surface area contributed by atoms with E-state index in [2.05, 4.69) is 12.2 Å². The third-order valence-electron chi connectivity index (χ3n) is 2.77. The topological polar surface area (TPSA) is 72.2 Å². The van der Waals surface area contributed by atoms with Gasteiger partial charge in [-0.05, 0) is 31.0 Å². The number of unbranched alkanes of at least 4 members (excludes halogenated alkanes) is 1. The lowest BCUT2D eigenvalue weighted by Crippen LogP contribution is -2.13. The van der Waals surface area contributed by atoms with E-state index in [4.69, 9.17) is 17.3 Å². The number of anilines is 2. The number of rotatable bonds is 8. The molecule has 1 aromatic carbocycles. The Hall–Kier alpha value is -1.07. The van der Waals surface area contributed by atoms with Gasteiger partial charge in [0.1, 0.15) is 0 Å². The number of amides is 1. The van der Waals surface area contributed by atoms with Crippen molar-refractivity contribution < 1.29 is 9.00 Å². The highest BCUT2D eigenvalue weighted by atomic mass is 35.5. The van der Waals surface area contributed by atoms with Gasteiger partial charge in [0.25, 0.3) is 0 Å². The van der Waals surface area contributed by atoms with Crippen LogP contribution in [0.3, 0.4) is 0 Å². The minimum absolute atomic E-state index is 0.121. The molecule has 0 saturated heterocycles. The van der Waals surface area contributed by atoms with E-state index in [-0.39, 0.29) is 5.91 Å². The lowest BCUT2D eigenvalue weighted by Gasteiger charge is -2.07. The van der Waals surface area contributed by atoms with Crippen LogP contribution in [0.1, 0.15) is 32.6 Å². The zero-order chi connectivity index (χ0) is 15.0. The minimum atomic E-state index is -0.813. The van der Waals surface area contributed by atoms with E-state index in [1.807, 2.05) is 0 Å². The lowest BCUT2D eigenvalue weighted by molar-refractivity contribution is -0.116. The van der Waals surface area contributed by atoms with Crippen LogP contribution >= 0.6 is 11.6 Å². The molecule has 1 atom stereocenters. The van der Waals surface area contributed by atoms with Crippen LogP contribution in [0, 0.1) is 0 Å². The summed E-state index contributed by atoms with van der Waals surface area (Å²) in [7, 11) is -0.813. The summed E-state index contributed by atoms with van der Waals surface area (Å²) in [6.07, 6.45) is 2.98. The van der Waals surface area contributed by atoms with Crippen molar-refractivity contribution in [3.8, 4) is 0 Å². The largest absolute Gasteiger partial charge is 0.399 e. The Kier molecular flexibility index (Phi) is 7.62. The monoisotopic (exact) mass is 316 g/mol. The molecule has 0 aromatic heterocycles. The third-order valence-corrected chi connectivity index (χ3v) is 4.57. The third kappa shape index (κ3) is 6.39. The summed E-state index contributed by atoms with van der Waals surface area (Å²) in [6, 6.07) is 4.95. The fourth-order valence-electron chi connectivity index (χ4n) is 1.65. The summed E-state index contributed by atoms with van der Waals surface area (Å²) in [4.78, 5) is 11.7. The first-order chi connectivity index (χ1) is 9.52. The van der Waals surface area contributed by atoms with E-state index >= 15 is 0 Å². The van der Waals surface area contributed by atoms with E-state index in [0.717, 1.165) is 18.6 Å². The Morgan fingerprint density at radius 3 is 2.70 bits per heavy atom. The molecule has 112 valence electrons. The van der Waals surface area contributed by atoms with Gasteiger partial charge in [-0.25, -0.2) is 0 Å². The highest BCUT2D eigenvalue weighted by Crippen LogP contribution is 2.24. The molecule has 20 heavy (non-hydrogen) atoms. The molecule has 0 heterocycles. The van der Waals surface area contributed by atoms with E-state index in [9.17, 15) is 9.00 Å². The average Bonchev–Trinajstić information content (AvgIpc) is 2.39. The molecule has 0 aliphatic heterocycles. The molecular weight excluding hydrogens is 296 g/mol. The molecule has 0 fully saturated rings. The second kappa shape index (κ2) is 8.97. The number of nitrogens with one attached hydrogen (secondary N) is 1. The van der Waals surface area contributed by atoms with Crippen molar-refractivity contribution in [3.63, 3.8) is 0 Å². The van der Waals surface area contributed by atoms with Gasteiger partial charge in [-0.15, -0.1) is 0 Å². The average molecular weight is 317 g/mol. The Balaban J connectivity index is 2.31. The van der Waals surface area contributed by atoms with E-state index in [0.29, 0.717) is 35.0 Å². The molecule has 1 amide bonds. The van der Waals surface area contributed by atoms with Crippen molar-refractivity contribution in [2.75, 3.05) is 22.6 Å². The van der Waals surface area contributed by atoms with Gasteiger partial charge in [-0.1, -0.05) is 24.9 Å². The highest BCUT2D eigenvalue weighted by molar-refractivity contribution is 7.84. The van der Waals surface area contributed by atoms with Gasteiger partial charge in [0.2, 0.25) is 5.91 Å². The SMILES string of the molecule is CCCCS(=O)CCCC(=O)Nc1ccc(N)cc1Cl. The standard InChI is InChI=1S/C14H21ClN2O2S/c1-2-3-8-20(19)9-4-5-14(18)17-13-7-6-11(16)10-12(13)15/h6-7,10H,2-5,8-9,16H2,1H3,(H,17,18). The van der Waals surface area contributed by atoms with Crippen molar-refractivity contribution >= 4 is 39.7 Å². The Labute approximate surface area is 127 Å².